The van der Waals surface area contributed by atoms with E-state index in [4.69, 9.17) is 17.0 Å². The summed E-state index contributed by atoms with van der Waals surface area (Å²) >= 11 is 5.56. The minimum Gasteiger partial charge on any atom is -0.489 e. The van der Waals surface area contributed by atoms with Crippen molar-refractivity contribution in [2.75, 3.05) is 18.6 Å². The summed E-state index contributed by atoms with van der Waals surface area (Å²) in [5.41, 5.74) is 1.95. The fourth-order valence-corrected chi connectivity index (χ4v) is 3.27. The minimum absolute atomic E-state index is 0.0816. The molecule has 1 aliphatic heterocycles. The van der Waals surface area contributed by atoms with Gasteiger partial charge in [0.15, 0.2) is 0 Å². The number of ether oxygens (including phenoxy) is 1. The molecule has 0 unspecified atom stereocenters. The molecule has 0 bridgehead atoms. The number of H-pyrrole nitrogens is 1. The Hall–Kier alpha value is -3.26. The number of fused-ring (bicyclic) bond motifs is 1. The van der Waals surface area contributed by atoms with Crippen LogP contribution in [0, 0.1) is 0 Å². The quantitative estimate of drug-likeness (QED) is 0.662. The molecular weight excluding hydrogens is 374 g/mol. The van der Waals surface area contributed by atoms with Crippen LogP contribution in [0.5, 0.6) is 5.75 Å². The van der Waals surface area contributed by atoms with Gasteiger partial charge in [0.05, 0.1) is 5.69 Å². The maximum absolute atomic E-state index is 12.6. The van der Waals surface area contributed by atoms with E-state index in [1.165, 1.54) is 0 Å². The summed E-state index contributed by atoms with van der Waals surface area (Å²) < 4.78 is 5.83. The van der Waals surface area contributed by atoms with Crippen LogP contribution >= 0.6 is 12.2 Å². The maximum atomic E-state index is 12.6. The first-order valence-corrected chi connectivity index (χ1v) is 9.28. The standard InChI is InChI=1S/C20H19N5O2S/c1-25-15-9-5-6-10-16(15)27-12-14(20(25)28)21-19(26)18-22-17(23-24-18)11-13-7-3-2-4-8-13/h2-10,14H,11-12H2,1H3,(H,21,26)(H,22,23,24)/t14-/m1/s1. The minimum atomic E-state index is -0.462. The number of thiocarbonyl (C=S) groups is 1. The van der Waals surface area contributed by atoms with Gasteiger partial charge in [-0.05, 0) is 17.7 Å². The number of benzene rings is 2. The lowest BCUT2D eigenvalue weighted by Crippen LogP contribution is -2.48. The fourth-order valence-electron chi connectivity index (χ4n) is 3.04. The van der Waals surface area contributed by atoms with Crippen LogP contribution in [0.4, 0.5) is 5.69 Å². The van der Waals surface area contributed by atoms with E-state index in [9.17, 15) is 4.79 Å². The van der Waals surface area contributed by atoms with E-state index in [2.05, 4.69) is 20.5 Å². The first-order chi connectivity index (χ1) is 13.6. The highest BCUT2D eigenvalue weighted by molar-refractivity contribution is 7.80. The van der Waals surface area contributed by atoms with E-state index in [0.29, 0.717) is 17.2 Å². The monoisotopic (exact) mass is 393 g/mol. The molecular formula is C20H19N5O2S. The second kappa shape index (κ2) is 7.77. The SMILES string of the molecule is CN1C(=S)[C@H](NC(=O)c2n[nH]c(Cc3ccccc3)n2)COc2ccccc21. The Morgan fingerprint density at radius 1 is 1.25 bits per heavy atom. The number of para-hydroxylation sites is 2. The molecule has 1 atom stereocenters. The molecule has 2 heterocycles. The van der Waals surface area contributed by atoms with Crippen LogP contribution in [-0.2, 0) is 6.42 Å². The molecule has 0 saturated heterocycles. The summed E-state index contributed by atoms with van der Waals surface area (Å²) in [4.78, 5) is 19.3. The van der Waals surface area contributed by atoms with Crippen molar-refractivity contribution < 1.29 is 9.53 Å². The zero-order chi connectivity index (χ0) is 19.5. The third kappa shape index (κ3) is 3.72. The largest absolute Gasteiger partial charge is 0.489 e. The molecule has 0 radical (unpaired) electrons. The number of likely N-dealkylation sites (N-methyl/N-ethyl adjacent to an activating group) is 1. The molecule has 0 aliphatic carbocycles. The summed E-state index contributed by atoms with van der Waals surface area (Å²) in [7, 11) is 1.86. The van der Waals surface area contributed by atoms with Crippen LogP contribution < -0.4 is 15.0 Å². The molecule has 0 spiro atoms. The van der Waals surface area contributed by atoms with Crippen LogP contribution in [-0.4, -0.2) is 45.8 Å². The average Bonchev–Trinajstić information content (AvgIpc) is 3.15. The fraction of sp³-hybridized carbons (Fsp3) is 0.200. The summed E-state index contributed by atoms with van der Waals surface area (Å²) in [6.07, 6.45) is 0.574. The first kappa shape index (κ1) is 18.1. The Morgan fingerprint density at radius 2 is 2.00 bits per heavy atom. The Labute approximate surface area is 167 Å². The zero-order valence-electron chi connectivity index (χ0n) is 15.3. The molecule has 28 heavy (non-hydrogen) atoms. The number of hydrogen-bond donors (Lipinski definition) is 2. The van der Waals surface area contributed by atoms with Crippen molar-refractivity contribution in [2.45, 2.75) is 12.5 Å². The maximum Gasteiger partial charge on any atom is 0.291 e. The van der Waals surface area contributed by atoms with E-state index >= 15 is 0 Å². The number of rotatable bonds is 4. The lowest BCUT2D eigenvalue weighted by atomic mass is 10.1. The van der Waals surface area contributed by atoms with Gasteiger partial charge in [-0.3, -0.25) is 9.89 Å². The molecule has 0 fully saturated rings. The molecule has 1 aromatic heterocycles. The topological polar surface area (TPSA) is 83.1 Å². The van der Waals surface area contributed by atoms with Gasteiger partial charge in [0.1, 0.15) is 29.2 Å². The Morgan fingerprint density at radius 3 is 2.82 bits per heavy atom. The summed E-state index contributed by atoms with van der Waals surface area (Å²) in [5, 5.41) is 9.74. The Balaban J connectivity index is 1.45. The molecule has 2 N–H and O–H groups in total. The number of aromatic amines is 1. The van der Waals surface area contributed by atoms with Crippen molar-refractivity contribution in [1.82, 2.24) is 20.5 Å². The Bertz CT molecular complexity index is 1000. The van der Waals surface area contributed by atoms with Gasteiger partial charge in [0.25, 0.3) is 5.91 Å². The number of hydrogen-bond acceptors (Lipinski definition) is 5. The summed E-state index contributed by atoms with van der Waals surface area (Å²) in [5.74, 6) is 1.04. The molecule has 1 aliphatic rings. The van der Waals surface area contributed by atoms with Crippen LogP contribution in [0.2, 0.25) is 0 Å². The van der Waals surface area contributed by atoms with Gasteiger partial charge in [-0.2, -0.15) is 0 Å². The lowest BCUT2D eigenvalue weighted by Gasteiger charge is -2.23. The molecule has 1 amide bonds. The number of nitrogens with one attached hydrogen (secondary N) is 2. The van der Waals surface area contributed by atoms with Crippen molar-refractivity contribution in [3.63, 3.8) is 0 Å². The number of amides is 1. The van der Waals surface area contributed by atoms with Crippen LogP contribution in [0.3, 0.4) is 0 Å². The zero-order valence-corrected chi connectivity index (χ0v) is 16.1. The highest BCUT2D eigenvalue weighted by atomic mass is 32.1. The van der Waals surface area contributed by atoms with Crippen molar-refractivity contribution in [2.24, 2.45) is 0 Å². The smallest absolute Gasteiger partial charge is 0.291 e. The van der Waals surface area contributed by atoms with Crippen molar-refractivity contribution >= 4 is 28.8 Å². The van der Waals surface area contributed by atoms with Crippen molar-refractivity contribution in [1.29, 1.82) is 0 Å². The number of carbonyl (C=O) groups excluding carboxylic acids is 1. The second-order valence-corrected chi connectivity index (χ2v) is 6.89. The molecule has 2 aromatic carbocycles. The average molecular weight is 393 g/mol. The first-order valence-electron chi connectivity index (χ1n) is 8.87. The van der Waals surface area contributed by atoms with Crippen LogP contribution in [0.15, 0.2) is 54.6 Å². The Kier molecular flexibility index (Phi) is 5.03. The van der Waals surface area contributed by atoms with E-state index in [1.807, 2.05) is 66.5 Å². The van der Waals surface area contributed by atoms with E-state index in [1.54, 1.807) is 0 Å². The predicted octanol–water partition coefficient (Wildman–Crippen LogP) is 2.35. The number of aromatic nitrogens is 3. The van der Waals surface area contributed by atoms with Gasteiger partial charge in [0.2, 0.25) is 5.82 Å². The van der Waals surface area contributed by atoms with Gasteiger partial charge >= 0.3 is 0 Å². The molecule has 3 aromatic rings. The second-order valence-electron chi connectivity index (χ2n) is 6.47. The van der Waals surface area contributed by atoms with Gasteiger partial charge in [0, 0.05) is 13.5 Å². The van der Waals surface area contributed by atoms with Gasteiger partial charge in [-0.25, -0.2) is 4.98 Å². The van der Waals surface area contributed by atoms with Gasteiger partial charge < -0.3 is 15.0 Å². The van der Waals surface area contributed by atoms with Crippen LogP contribution in [0.25, 0.3) is 0 Å². The number of carbonyl (C=O) groups is 1. The van der Waals surface area contributed by atoms with Gasteiger partial charge in [-0.15, -0.1) is 5.10 Å². The van der Waals surface area contributed by atoms with E-state index in [0.717, 1.165) is 17.0 Å². The molecule has 4 rings (SSSR count). The molecule has 0 saturated carbocycles. The lowest BCUT2D eigenvalue weighted by molar-refractivity contribution is 0.0927. The molecule has 142 valence electrons. The summed E-state index contributed by atoms with van der Waals surface area (Å²) in [6.45, 7) is 0.243. The van der Waals surface area contributed by atoms with Crippen LogP contribution in [0.1, 0.15) is 22.0 Å². The van der Waals surface area contributed by atoms with Crippen molar-refractivity contribution in [3.05, 3.63) is 71.8 Å². The third-order valence-corrected chi connectivity index (χ3v) is 5.07. The third-order valence-electron chi connectivity index (χ3n) is 4.52. The number of anilines is 1. The van der Waals surface area contributed by atoms with E-state index < -0.39 is 11.9 Å². The van der Waals surface area contributed by atoms with Crippen molar-refractivity contribution in [3.8, 4) is 5.75 Å². The number of nitrogens with zero attached hydrogens (tertiary/aromatic N) is 3. The highest BCUT2D eigenvalue weighted by Gasteiger charge is 2.28. The van der Waals surface area contributed by atoms with Gasteiger partial charge in [-0.1, -0.05) is 54.7 Å². The normalized spacial score (nSPS) is 16.1. The summed E-state index contributed by atoms with van der Waals surface area (Å²) in [6, 6.07) is 17.0. The molecule has 7 nitrogen and oxygen atoms in total. The highest BCUT2D eigenvalue weighted by Crippen LogP contribution is 2.30. The molecule has 8 heteroatoms. The van der Waals surface area contributed by atoms with E-state index in [-0.39, 0.29) is 12.4 Å². The predicted molar refractivity (Wildman–Crippen MR) is 110 cm³/mol.